The maximum Gasteiger partial charge on any atom is 0.309 e. The second kappa shape index (κ2) is 6.97. The topological polar surface area (TPSA) is 89.7 Å². The first-order valence-corrected chi connectivity index (χ1v) is 7.99. The van der Waals surface area contributed by atoms with Gasteiger partial charge in [0.15, 0.2) is 0 Å². The highest BCUT2D eigenvalue weighted by Gasteiger charge is 2.27. The highest BCUT2D eigenvalue weighted by molar-refractivity contribution is 7.89. The summed E-state index contributed by atoms with van der Waals surface area (Å²) in [4.78, 5) is 11.4. The molecule has 1 atom stereocenters. The number of nitrogens with two attached hydrogens (primary N) is 1. The minimum absolute atomic E-state index is 0.000669. The third-order valence-electron chi connectivity index (χ3n) is 2.98. The molecule has 1 unspecified atom stereocenters. The lowest BCUT2D eigenvalue weighted by Crippen LogP contribution is -2.35. The van der Waals surface area contributed by atoms with Crippen LogP contribution in [0.25, 0.3) is 0 Å². The Morgan fingerprint density at radius 3 is 2.52 bits per heavy atom. The predicted octanol–water partition coefficient (Wildman–Crippen LogP) is 0.750. The Labute approximate surface area is 129 Å². The average molecular weight is 330 g/mol. The van der Waals surface area contributed by atoms with E-state index in [-0.39, 0.29) is 22.0 Å². The van der Waals surface area contributed by atoms with E-state index < -0.39 is 21.9 Å². The number of hydrogen-bond donors (Lipinski definition) is 1. The number of benzene rings is 1. The largest absolute Gasteiger partial charge is 0.469 e. The Morgan fingerprint density at radius 2 is 2.00 bits per heavy atom. The maximum atomic E-state index is 12.6. The molecule has 6 nitrogen and oxygen atoms in total. The second-order valence-electron chi connectivity index (χ2n) is 4.57. The molecular formula is C13H18N2O4S2. The average Bonchev–Trinajstić information content (AvgIpc) is 2.45. The van der Waals surface area contributed by atoms with Gasteiger partial charge in [-0.15, -0.1) is 0 Å². The molecule has 0 bridgehead atoms. The first-order chi connectivity index (χ1) is 9.71. The van der Waals surface area contributed by atoms with Crippen LogP contribution in [0.4, 0.5) is 0 Å². The highest BCUT2D eigenvalue weighted by Crippen LogP contribution is 2.20. The zero-order valence-electron chi connectivity index (χ0n) is 12.1. The third-order valence-corrected chi connectivity index (χ3v) is 5.08. The fourth-order valence-corrected chi connectivity index (χ4v) is 3.53. The molecule has 0 radical (unpaired) electrons. The van der Waals surface area contributed by atoms with Crippen LogP contribution in [0.5, 0.6) is 0 Å². The van der Waals surface area contributed by atoms with Gasteiger partial charge in [-0.1, -0.05) is 37.3 Å². The lowest BCUT2D eigenvalue weighted by Gasteiger charge is -2.21. The van der Waals surface area contributed by atoms with Crippen LogP contribution in [0.1, 0.15) is 12.5 Å². The highest BCUT2D eigenvalue weighted by atomic mass is 32.2. The van der Waals surface area contributed by atoms with E-state index in [9.17, 15) is 13.2 Å². The first kappa shape index (κ1) is 17.5. The van der Waals surface area contributed by atoms with Crippen molar-refractivity contribution >= 4 is 33.2 Å². The van der Waals surface area contributed by atoms with Crippen molar-refractivity contribution in [1.29, 1.82) is 0 Å². The number of hydrogen-bond acceptors (Lipinski definition) is 5. The number of carbonyl (C=O) groups is 1. The van der Waals surface area contributed by atoms with Crippen LogP contribution in [-0.2, 0) is 19.6 Å². The molecule has 21 heavy (non-hydrogen) atoms. The van der Waals surface area contributed by atoms with Gasteiger partial charge in [0.1, 0.15) is 4.99 Å². The molecule has 0 fully saturated rings. The normalized spacial score (nSPS) is 13.0. The van der Waals surface area contributed by atoms with Crippen LogP contribution in [-0.4, -0.2) is 44.4 Å². The number of nitrogens with zero attached hydrogens (tertiary/aromatic N) is 1. The van der Waals surface area contributed by atoms with Crippen LogP contribution in [0.15, 0.2) is 29.2 Å². The third kappa shape index (κ3) is 3.99. The summed E-state index contributed by atoms with van der Waals surface area (Å²) in [6.07, 6.45) is 0. The van der Waals surface area contributed by atoms with Gasteiger partial charge in [-0.05, 0) is 6.07 Å². The van der Waals surface area contributed by atoms with Gasteiger partial charge < -0.3 is 10.5 Å². The summed E-state index contributed by atoms with van der Waals surface area (Å²) >= 11 is 4.87. The Hall–Kier alpha value is -1.51. The van der Waals surface area contributed by atoms with Crippen molar-refractivity contribution in [3.8, 4) is 0 Å². The van der Waals surface area contributed by atoms with E-state index in [0.29, 0.717) is 0 Å². The molecule has 0 amide bonds. The maximum absolute atomic E-state index is 12.6. The van der Waals surface area contributed by atoms with Crippen LogP contribution in [0.3, 0.4) is 0 Å². The van der Waals surface area contributed by atoms with E-state index in [1.807, 2.05) is 0 Å². The number of sulfonamides is 1. The van der Waals surface area contributed by atoms with Crippen LogP contribution < -0.4 is 5.73 Å². The van der Waals surface area contributed by atoms with Crippen molar-refractivity contribution in [2.75, 3.05) is 20.7 Å². The lowest BCUT2D eigenvalue weighted by atomic mass is 10.2. The molecule has 0 aliphatic carbocycles. The van der Waals surface area contributed by atoms with Gasteiger partial charge in [0.2, 0.25) is 10.0 Å². The van der Waals surface area contributed by atoms with Gasteiger partial charge in [0.25, 0.3) is 0 Å². The van der Waals surface area contributed by atoms with Gasteiger partial charge in [0, 0.05) is 19.2 Å². The molecule has 0 aliphatic heterocycles. The number of methoxy groups -OCH3 is 1. The van der Waals surface area contributed by atoms with Gasteiger partial charge in [-0.25, -0.2) is 12.7 Å². The van der Waals surface area contributed by atoms with Crippen LogP contribution in [0, 0.1) is 5.92 Å². The van der Waals surface area contributed by atoms with E-state index in [2.05, 4.69) is 4.74 Å². The summed E-state index contributed by atoms with van der Waals surface area (Å²) in [5.41, 5.74) is 5.84. The van der Waals surface area contributed by atoms with Crippen molar-refractivity contribution in [2.24, 2.45) is 11.7 Å². The quantitative estimate of drug-likeness (QED) is 0.611. The number of rotatable bonds is 6. The van der Waals surface area contributed by atoms with Crippen LogP contribution in [0.2, 0.25) is 0 Å². The number of esters is 1. The molecule has 1 aromatic carbocycles. The SMILES string of the molecule is COC(=O)C(C)CN(C)S(=O)(=O)c1ccccc1C(N)=S. The summed E-state index contributed by atoms with van der Waals surface area (Å²) < 4.78 is 30.8. The van der Waals surface area contributed by atoms with Crippen molar-refractivity contribution in [3.05, 3.63) is 29.8 Å². The molecule has 116 valence electrons. The standard InChI is InChI=1S/C13H18N2O4S2/c1-9(13(16)19-3)8-15(2)21(17,18)11-7-5-4-6-10(11)12(14)20/h4-7,9H,8H2,1-3H3,(H2,14,20). The van der Waals surface area contributed by atoms with Crippen molar-refractivity contribution in [3.63, 3.8) is 0 Å². The Balaban J connectivity index is 3.12. The van der Waals surface area contributed by atoms with E-state index >= 15 is 0 Å². The Kier molecular flexibility index (Phi) is 5.82. The Bertz CT molecular complexity index is 643. The molecule has 1 aromatic rings. The van der Waals surface area contributed by atoms with Gasteiger partial charge in [-0.3, -0.25) is 4.79 Å². The monoisotopic (exact) mass is 330 g/mol. The van der Waals surface area contributed by atoms with Crippen LogP contribution >= 0.6 is 12.2 Å². The molecule has 2 N–H and O–H groups in total. The van der Waals surface area contributed by atoms with Gasteiger partial charge in [-0.2, -0.15) is 0 Å². The second-order valence-corrected chi connectivity index (χ2v) is 7.02. The number of carbonyl (C=O) groups excluding carboxylic acids is 1. The molecule has 0 saturated heterocycles. The first-order valence-electron chi connectivity index (χ1n) is 6.14. The zero-order valence-corrected chi connectivity index (χ0v) is 13.7. The predicted molar refractivity (Wildman–Crippen MR) is 83.3 cm³/mol. The number of ether oxygens (including phenoxy) is 1. The molecule has 8 heteroatoms. The van der Waals surface area contributed by atoms with Crippen molar-refractivity contribution < 1.29 is 17.9 Å². The Morgan fingerprint density at radius 1 is 1.43 bits per heavy atom. The zero-order chi connectivity index (χ0) is 16.2. The molecular weight excluding hydrogens is 312 g/mol. The fraction of sp³-hybridized carbons (Fsp3) is 0.385. The van der Waals surface area contributed by atoms with Crippen molar-refractivity contribution in [2.45, 2.75) is 11.8 Å². The molecule has 0 heterocycles. The summed E-state index contributed by atoms with van der Waals surface area (Å²) in [6, 6.07) is 6.23. The molecule has 0 aromatic heterocycles. The smallest absolute Gasteiger partial charge is 0.309 e. The summed E-state index contributed by atoms with van der Waals surface area (Å²) in [7, 11) is -1.14. The summed E-state index contributed by atoms with van der Waals surface area (Å²) in [5, 5.41) is 0. The molecule has 0 saturated carbocycles. The van der Waals surface area contributed by atoms with Gasteiger partial charge in [0.05, 0.1) is 17.9 Å². The van der Waals surface area contributed by atoms with Crippen molar-refractivity contribution in [1.82, 2.24) is 4.31 Å². The minimum Gasteiger partial charge on any atom is -0.469 e. The lowest BCUT2D eigenvalue weighted by molar-refractivity contribution is -0.144. The van der Waals surface area contributed by atoms with E-state index in [1.165, 1.54) is 20.2 Å². The van der Waals surface area contributed by atoms with E-state index in [4.69, 9.17) is 18.0 Å². The molecule has 0 spiro atoms. The number of thiocarbonyl (C=S) groups is 1. The summed E-state index contributed by atoms with van der Waals surface area (Å²) in [6.45, 7) is 1.60. The molecule has 0 aliphatic rings. The van der Waals surface area contributed by atoms with E-state index in [0.717, 1.165) is 4.31 Å². The summed E-state index contributed by atoms with van der Waals surface area (Å²) in [5.74, 6) is -1.05. The fourth-order valence-electron chi connectivity index (χ4n) is 1.82. The minimum atomic E-state index is -3.79. The van der Waals surface area contributed by atoms with E-state index in [1.54, 1.807) is 25.1 Å². The van der Waals surface area contributed by atoms with Gasteiger partial charge >= 0.3 is 5.97 Å². The molecule has 1 rings (SSSR count).